The zero-order valence-electron chi connectivity index (χ0n) is 20.0. The van der Waals surface area contributed by atoms with Gasteiger partial charge in [-0.3, -0.25) is 9.59 Å². The maximum absolute atomic E-state index is 13.1. The lowest BCUT2D eigenvalue weighted by molar-refractivity contribution is -0.137. The fourth-order valence-corrected chi connectivity index (χ4v) is 4.79. The Labute approximate surface area is 212 Å². The lowest BCUT2D eigenvalue weighted by atomic mass is 9.94. The molecule has 0 saturated carbocycles. The molecular weight excluding hydrogens is 507 g/mol. The van der Waals surface area contributed by atoms with Gasteiger partial charge in [0.1, 0.15) is 6.04 Å². The molecule has 7 nitrogen and oxygen atoms in total. The van der Waals surface area contributed by atoms with Crippen LogP contribution in [0.1, 0.15) is 35.3 Å². The van der Waals surface area contributed by atoms with E-state index >= 15 is 0 Å². The van der Waals surface area contributed by atoms with Crippen molar-refractivity contribution < 1.29 is 31.2 Å². The Morgan fingerprint density at radius 2 is 1.54 bits per heavy atom. The largest absolute Gasteiger partial charge is 0.416 e. The predicted molar refractivity (Wildman–Crippen MR) is 133 cm³/mol. The topological polar surface area (TPSA) is 118 Å². The third-order valence-electron chi connectivity index (χ3n) is 5.66. The minimum absolute atomic E-state index is 0.239. The molecule has 196 valence electrons. The number of rotatable bonds is 9. The number of hydrogen-bond acceptors (Lipinski definition) is 4. The Morgan fingerprint density at radius 1 is 0.919 bits per heavy atom. The van der Waals surface area contributed by atoms with E-state index in [2.05, 4.69) is 10.0 Å². The van der Waals surface area contributed by atoms with Gasteiger partial charge in [-0.05, 0) is 46.9 Å². The van der Waals surface area contributed by atoms with Gasteiger partial charge in [-0.1, -0.05) is 62.4 Å². The molecule has 1 atom stereocenters. The standard InChI is InChI=1S/C26H26F3N3O4S/c1-16(2)23(24(30)33)32-25(34)22-13-6-5-12-21(22)20-11-4-3-8-17(20)15-31-37(35,36)19-10-7-9-18(14-19)26(27,28)29/h3-14,16,23,31H,15H2,1-2H3,(H2,30,33)(H,32,34)/t23-/m0/s1. The molecule has 3 aromatic carbocycles. The molecule has 0 heterocycles. The second-order valence-corrected chi connectivity index (χ2v) is 10.4. The smallest absolute Gasteiger partial charge is 0.368 e. The van der Waals surface area contributed by atoms with Gasteiger partial charge >= 0.3 is 6.18 Å². The quantitative estimate of drug-likeness (QED) is 0.384. The molecule has 0 fully saturated rings. The summed E-state index contributed by atoms with van der Waals surface area (Å²) in [6.07, 6.45) is -4.69. The summed E-state index contributed by atoms with van der Waals surface area (Å²) in [6.45, 7) is 3.24. The van der Waals surface area contributed by atoms with E-state index in [4.69, 9.17) is 5.73 Å². The van der Waals surface area contributed by atoms with Crippen molar-refractivity contribution >= 4 is 21.8 Å². The first kappa shape index (κ1) is 27.9. The Kier molecular flexibility index (Phi) is 8.39. The normalized spacial score (nSPS) is 12.8. The zero-order chi connectivity index (χ0) is 27.4. The summed E-state index contributed by atoms with van der Waals surface area (Å²) in [5.41, 5.74) is 6.06. The number of amides is 2. The number of primary amides is 1. The Morgan fingerprint density at radius 3 is 2.16 bits per heavy atom. The van der Waals surface area contributed by atoms with E-state index in [0.29, 0.717) is 22.8 Å². The van der Waals surface area contributed by atoms with E-state index in [1.807, 2.05) is 0 Å². The summed E-state index contributed by atoms with van der Waals surface area (Å²) < 4.78 is 67.0. The maximum Gasteiger partial charge on any atom is 0.416 e. The summed E-state index contributed by atoms with van der Waals surface area (Å²) in [5, 5.41) is 2.64. The van der Waals surface area contributed by atoms with Crippen LogP contribution in [0.5, 0.6) is 0 Å². The van der Waals surface area contributed by atoms with Gasteiger partial charge in [-0.2, -0.15) is 13.2 Å². The number of halogens is 3. The average molecular weight is 534 g/mol. The van der Waals surface area contributed by atoms with Crippen LogP contribution in [0.2, 0.25) is 0 Å². The molecule has 0 aliphatic heterocycles. The van der Waals surface area contributed by atoms with Crippen molar-refractivity contribution in [2.75, 3.05) is 0 Å². The van der Waals surface area contributed by atoms with Gasteiger partial charge in [0.25, 0.3) is 5.91 Å². The van der Waals surface area contributed by atoms with Gasteiger partial charge < -0.3 is 11.1 Å². The predicted octanol–water partition coefficient (Wildman–Crippen LogP) is 4.09. The second-order valence-electron chi connectivity index (χ2n) is 8.65. The number of alkyl halides is 3. The number of benzene rings is 3. The van der Waals surface area contributed by atoms with Crippen molar-refractivity contribution in [1.29, 1.82) is 0 Å². The van der Waals surface area contributed by atoms with E-state index in [9.17, 15) is 31.2 Å². The molecule has 0 aromatic heterocycles. The molecule has 0 aliphatic rings. The molecule has 0 saturated heterocycles. The van der Waals surface area contributed by atoms with Gasteiger partial charge in [0.15, 0.2) is 0 Å². The van der Waals surface area contributed by atoms with Gasteiger partial charge in [0, 0.05) is 12.1 Å². The van der Waals surface area contributed by atoms with Crippen molar-refractivity contribution in [2.24, 2.45) is 11.7 Å². The highest BCUT2D eigenvalue weighted by Crippen LogP contribution is 2.31. The first-order valence-electron chi connectivity index (χ1n) is 11.3. The van der Waals surface area contributed by atoms with E-state index in [1.54, 1.807) is 62.4 Å². The van der Waals surface area contributed by atoms with Crippen molar-refractivity contribution in [3.05, 3.63) is 89.5 Å². The third-order valence-corrected chi connectivity index (χ3v) is 7.06. The molecule has 0 bridgehead atoms. The third kappa shape index (κ3) is 6.75. The van der Waals surface area contributed by atoms with Crippen LogP contribution in [0, 0.1) is 5.92 Å². The lowest BCUT2D eigenvalue weighted by Gasteiger charge is -2.20. The molecule has 0 aliphatic carbocycles. The molecule has 4 N–H and O–H groups in total. The summed E-state index contributed by atoms with van der Waals surface area (Å²) >= 11 is 0. The molecule has 0 spiro atoms. The molecule has 3 aromatic rings. The van der Waals surface area contributed by atoms with Gasteiger partial charge in [0.2, 0.25) is 15.9 Å². The highest BCUT2D eigenvalue weighted by atomic mass is 32.2. The summed E-state index contributed by atoms with van der Waals surface area (Å²) in [6, 6.07) is 15.8. The van der Waals surface area contributed by atoms with Gasteiger partial charge in [0.05, 0.1) is 10.5 Å². The summed E-state index contributed by atoms with van der Waals surface area (Å²) in [7, 11) is -4.28. The van der Waals surface area contributed by atoms with E-state index < -0.39 is 44.5 Å². The van der Waals surface area contributed by atoms with Gasteiger partial charge in [-0.15, -0.1) is 0 Å². The maximum atomic E-state index is 13.1. The monoisotopic (exact) mass is 533 g/mol. The highest BCUT2D eigenvalue weighted by molar-refractivity contribution is 7.89. The Balaban J connectivity index is 1.91. The fraction of sp³-hybridized carbons (Fsp3) is 0.231. The second kappa shape index (κ2) is 11.1. The van der Waals surface area contributed by atoms with Crippen LogP contribution in [-0.2, 0) is 27.5 Å². The molecule has 0 unspecified atom stereocenters. The number of carbonyl (C=O) groups is 2. The minimum Gasteiger partial charge on any atom is -0.368 e. The molecule has 37 heavy (non-hydrogen) atoms. The SMILES string of the molecule is CC(C)[C@H](NC(=O)c1ccccc1-c1ccccc1CNS(=O)(=O)c1cccc(C(F)(F)F)c1)C(N)=O. The van der Waals surface area contributed by atoms with Crippen LogP contribution in [-0.4, -0.2) is 26.3 Å². The summed E-state index contributed by atoms with van der Waals surface area (Å²) in [5.74, 6) is -1.45. The molecule has 2 amide bonds. The molecular formula is C26H26F3N3O4S. The first-order valence-corrected chi connectivity index (χ1v) is 12.7. The van der Waals surface area contributed by atoms with Crippen LogP contribution in [0.15, 0.2) is 77.7 Å². The van der Waals surface area contributed by atoms with Crippen molar-refractivity contribution in [1.82, 2.24) is 10.0 Å². The summed E-state index contributed by atoms with van der Waals surface area (Å²) in [4.78, 5) is 24.3. The van der Waals surface area contributed by atoms with E-state index in [0.717, 1.165) is 18.2 Å². The number of nitrogens with two attached hydrogens (primary N) is 1. The van der Waals surface area contributed by atoms with Crippen LogP contribution < -0.4 is 15.8 Å². The van der Waals surface area contributed by atoms with Gasteiger partial charge in [-0.25, -0.2) is 13.1 Å². The fourth-order valence-electron chi connectivity index (χ4n) is 3.73. The number of carbonyl (C=O) groups excluding carboxylic acids is 2. The number of hydrogen-bond donors (Lipinski definition) is 3. The number of sulfonamides is 1. The van der Waals surface area contributed by atoms with Crippen LogP contribution >= 0.6 is 0 Å². The average Bonchev–Trinajstić information content (AvgIpc) is 2.85. The van der Waals surface area contributed by atoms with Crippen molar-refractivity contribution in [3.63, 3.8) is 0 Å². The Hall–Kier alpha value is -3.70. The molecule has 0 radical (unpaired) electrons. The van der Waals surface area contributed by atoms with Crippen molar-refractivity contribution in [3.8, 4) is 11.1 Å². The Bertz CT molecular complexity index is 1410. The highest BCUT2D eigenvalue weighted by Gasteiger charge is 2.31. The van der Waals surface area contributed by atoms with E-state index in [1.165, 1.54) is 0 Å². The first-order chi connectivity index (χ1) is 17.3. The number of nitrogens with one attached hydrogen (secondary N) is 2. The van der Waals surface area contributed by atoms with Crippen LogP contribution in [0.4, 0.5) is 13.2 Å². The molecule has 11 heteroatoms. The van der Waals surface area contributed by atoms with Crippen LogP contribution in [0.3, 0.4) is 0 Å². The lowest BCUT2D eigenvalue weighted by Crippen LogP contribution is -2.47. The molecule has 3 rings (SSSR count). The zero-order valence-corrected chi connectivity index (χ0v) is 20.9. The van der Waals surface area contributed by atoms with Crippen molar-refractivity contribution in [2.45, 2.75) is 37.5 Å². The minimum atomic E-state index is -4.69. The van der Waals surface area contributed by atoms with Crippen LogP contribution in [0.25, 0.3) is 11.1 Å². The van der Waals surface area contributed by atoms with E-state index in [-0.39, 0.29) is 18.0 Å².